The maximum Gasteiger partial charge on any atom is 0.240 e. The Morgan fingerprint density at radius 2 is 2.05 bits per heavy atom. The summed E-state index contributed by atoms with van der Waals surface area (Å²) in [5, 5.41) is 6.40. The fourth-order valence-electron chi connectivity index (χ4n) is 2.12. The van der Waals surface area contributed by atoms with Crippen LogP contribution in [0, 0.1) is 13.8 Å². The molecule has 114 valence electrons. The number of aromatic nitrogens is 3. The Morgan fingerprint density at radius 3 is 2.67 bits per heavy atom. The van der Waals surface area contributed by atoms with Crippen LogP contribution in [0.25, 0.3) is 0 Å². The molecule has 1 heterocycles. The van der Waals surface area contributed by atoms with Crippen molar-refractivity contribution in [1.29, 1.82) is 0 Å². The fraction of sp³-hybridized carbons (Fsp3) is 0.385. The van der Waals surface area contributed by atoms with Gasteiger partial charge in [0.2, 0.25) is 10.0 Å². The second-order valence-electron chi connectivity index (χ2n) is 4.83. The molecule has 0 atom stereocenters. The van der Waals surface area contributed by atoms with Crippen molar-refractivity contribution in [2.75, 3.05) is 6.54 Å². The molecule has 4 N–H and O–H groups in total. The molecule has 7 nitrogen and oxygen atoms in total. The maximum atomic E-state index is 12.4. The third-order valence-corrected chi connectivity index (χ3v) is 4.86. The minimum absolute atomic E-state index is 0.253. The summed E-state index contributed by atoms with van der Waals surface area (Å²) in [4.78, 5) is 4.22. The van der Waals surface area contributed by atoms with Crippen LogP contribution < -0.4 is 10.5 Å². The monoisotopic (exact) mass is 309 g/mol. The van der Waals surface area contributed by atoms with Crippen LogP contribution in [0.4, 0.5) is 0 Å². The highest BCUT2D eigenvalue weighted by Crippen LogP contribution is 2.20. The number of rotatable bonds is 6. The van der Waals surface area contributed by atoms with Gasteiger partial charge in [0.25, 0.3) is 0 Å². The lowest BCUT2D eigenvalue weighted by molar-refractivity contribution is 0.580. The van der Waals surface area contributed by atoms with Gasteiger partial charge in [0.05, 0.1) is 4.90 Å². The first-order valence-electron chi connectivity index (χ1n) is 6.58. The van der Waals surface area contributed by atoms with E-state index in [-0.39, 0.29) is 11.4 Å². The summed E-state index contributed by atoms with van der Waals surface area (Å²) >= 11 is 0. The van der Waals surface area contributed by atoms with Gasteiger partial charge in [0.15, 0.2) is 0 Å². The summed E-state index contributed by atoms with van der Waals surface area (Å²) in [6.45, 7) is 4.26. The zero-order valence-corrected chi connectivity index (χ0v) is 12.9. The highest BCUT2D eigenvalue weighted by Gasteiger charge is 2.18. The molecule has 21 heavy (non-hydrogen) atoms. The predicted octanol–water partition coefficient (Wildman–Crippen LogP) is 0.401. The molecule has 0 fully saturated rings. The molecule has 2 rings (SSSR count). The van der Waals surface area contributed by atoms with Crippen molar-refractivity contribution in [3.05, 3.63) is 41.0 Å². The van der Waals surface area contributed by atoms with Crippen LogP contribution in [0.15, 0.2) is 23.4 Å². The number of hydrogen-bond acceptors (Lipinski definition) is 5. The molecule has 1 aromatic heterocycles. The molecule has 0 amide bonds. The van der Waals surface area contributed by atoms with E-state index in [2.05, 4.69) is 19.9 Å². The Kier molecular flexibility index (Phi) is 4.71. The molecule has 0 aliphatic heterocycles. The molecule has 0 saturated carbocycles. The van der Waals surface area contributed by atoms with E-state index in [4.69, 9.17) is 5.73 Å². The normalized spacial score (nSPS) is 11.8. The van der Waals surface area contributed by atoms with Crippen LogP contribution in [0.3, 0.4) is 0 Å². The highest BCUT2D eigenvalue weighted by atomic mass is 32.2. The first-order chi connectivity index (χ1) is 9.94. The molecule has 0 unspecified atom stereocenters. The van der Waals surface area contributed by atoms with Crippen LogP contribution in [-0.4, -0.2) is 30.1 Å². The number of aryl methyl sites for hydroxylation is 2. The predicted molar refractivity (Wildman–Crippen MR) is 79.1 cm³/mol. The summed E-state index contributed by atoms with van der Waals surface area (Å²) in [6.07, 6.45) is 1.84. The van der Waals surface area contributed by atoms with E-state index in [9.17, 15) is 8.42 Å². The Morgan fingerprint density at radius 1 is 1.29 bits per heavy atom. The van der Waals surface area contributed by atoms with E-state index < -0.39 is 10.0 Å². The summed E-state index contributed by atoms with van der Waals surface area (Å²) in [5.74, 6) is 0.640. The van der Waals surface area contributed by atoms with E-state index in [1.165, 1.54) is 6.33 Å². The van der Waals surface area contributed by atoms with Gasteiger partial charge >= 0.3 is 0 Å². The van der Waals surface area contributed by atoms with E-state index in [0.29, 0.717) is 24.4 Å². The minimum Gasteiger partial charge on any atom is -0.326 e. The summed E-state index contributed by atoms with van der Waals surface area (Å²) in [6, 6.07) is 3.48. The minimum atomic E-state index is -3.56. The molecular weight excluding hydrogens is 290 g/mol. The van der Waals surface area contributed by atoms with Gasteiger partial charge in [-0.2, -0.15) is 5.10 Å². The largest absolute Gasteiger partial charge is 0.326 e. The molecule has 2 aromatic rings. The van der Waals surface area contributed by atoms with Gasteiger partial charge in [-0.1, -0.05) is 6.07 Å². The van der Waals surface area contributed by atoms with Crippen molar-refractivity contribution < 1.29 is 8.42 Å². The topological polar surface area (TPSA) is 114 Å². The zero-order chi connectivity index (χ0) is 15.5. The second kappa shape index (κ2) is 6.33. The van der Waals surface area contributed by atoms with Crippen LogP contribution in [0.5, 0.6) is 0 Å². The van der Waals surface area contributed by atoms with Crippen molar-refractivity contribution in [3.8, 4) is 0 Å². The Balaban J connectivity index is 2.15. The standard InChI is InChI=1S/C13H19N5O2S/c1-9-5-10(2)12(6-11(9)7-14)21(19,20)17-4-3-13-15-8-16-18-13/h5-6,8,17H,3-4,7,14H2,1-2H3,(H,15,16,18). The Bertz CT molecular complexity index is 710. The number of benzene rings is 1. The first-order valence-corrected chi connectivity index (χ1v) is 8.06. The van der Waals surface area contributed by atoms with E-state index >= 15 is 0 Å². The van der Waals surface area contributed by atoms with Crippen LogP contribution in [-0.2, 0) is 23.0 Å². The smallest absolute Gasteiger partial charge is 0.240 e. The summed E-state index contributed by atoms with van der Waals surface area (Å²) in [7, 11) is -3.56. The third kappa shape index (κ3) is 3.66. The van der Waals surface area contributed by atoms with E-state index in [1.54, 1.807) is 13.0 Å². The van der Waals surface area contributed by atoms with Gasteiger partial charge in [0, 0.05) is 19.5 Å². The van der Waals surface area contributed by atoms with Crippen molar-refractivity contribution in [2.24, 2.45) is 5.73 Å². The molecule has 0 bridgehead atoms. The van der Waals surface area contributed by atoms with Crippen molar-refractivity contribution in [2.45, 2.75) is 31.7 Å². The van der Waals surface area contributed by atoms with Crippen molar-refractivity contribution in [1.82, 2.24) is 19.9 Å². The summed E-state index contributed by atoms with van der Waals surface area (Å²) in [5.41, 5.74) is 8.17. The average molecular weight is 309 g/mol. The van der Waals surface area contributed by atoms with E-state index in [0.717, 1.165) is 11.1 Å². The number of nitrogens with one attached hydrogen (secondary N) is 2. The molecule has 0 spiro atoms. The number of hydrogen-bond donors (Lipinski definition) is 3. The second-order valence-corrected chi connectivity index (χ2v) is 6.56. The summed E-state index contributed by atoms with van der Waals surface area (Å²) < 4.78 is 27.3. The maximum absolute atomic E-state index is 12.4. The zero-order valence-electron chi connectivity index (χ0n) is 12.0. The Hall–Kier alpha value is -1.77. The van der Waals surface area contributed by atoms with Gasteiger partial charge in [0.1, 0.15) is 12.2 Å². The lowest BCUT2D eigenvalue weighted by atomic mass is 10.1. The Labute approximate surface area is 124 Å². The molecule has 0 radical (unpaired) electrons. The third-order valence-electron chi connectivity index (χ3n) is 3.26. The number of nitrogens with two attached hydrogens (primary N) is 1. The van der Waals surface area contributed by atoms with Gasteiger partial charge < -0.3 is 5.73 Å². The van der Waals surface area contributed by atoms with Crippen LogP contribution in [0.2, 0.25) is 0 Å². The van der Waals surface area contributed by atoms with Crippen LogP contribution >= 0.6 is 0 Å². The SMILES string of the molecule is Cc1cc(C)c(S(=O)(=O)NCCc2ncn[nH]2)cc1CN. The number of H-pyrrole nitrogens is 1. The lowest BCUT2D eigenvalue weighted by Crippen LogP contribution is -2.27. The van der Waals surface area contributed by atoms with Crippen LogP contribution in [0.1, 0.15) is 22.5 Å². The fourth-order valence-corrected chi connectivity index (χ4v) is 3.42. The molecule has 1 aromatic carbocycles. The molecular formula is C13H19N5O2S. The quantitative estimate of drug-likeness (QED) is 0.715. The lowest BCUT2D eigenvalue weighted by Gasteiger charge is -2.12. The van der Waals surface area contributed by atoms with E-state index in [1.807, 2.05) is 13.0 Å². The molecule has 0 aliphatic carbocycles. The van der Waals surface area contributed by atoms with Gasteiger partial charge in [-0.25, -0.2) is 18.1 Å². The first kappa shape index (κ1) is 15.6. The van der Waals surface area contributed by atoms with Gasteiger partial charge in [-0.05, 0) is 36.6 Å². The molecule has 0 saturated heterocycles. The average Bonchev–Trinajstić information content (AvgIpc) is 2.91. The molecule has 8 heteroatoms. The van der Waals surface area contributed by atoms with Crippen molar-refractivity contribution in [3.63, 3.8) is 0 Å². The number of aromatic amines is 1. The number of nitrogens with zero attached hydrogens (tertiary/aromatic N) is 2. The van der Waals surface area contributed by atoms with Crippen molar-refractivity contribution >= 4 is 10.0 Å². The van der Waals surface area contributed by atoms with Gasteiger partial charge in [-0.15, -0.1) is 0 Å². The number of sulfonamides is 1. The van der Waals surface area contributed by atoms with Gasteiger partial charge in [-0.3, -0.25) is 5.10 Å². The highest BCUT2D eigenvalue weighted by molar-refractivity contribution is 7.89. The molecule has 0 aliphatic rings.